The predicted molar refractivity (Wildman–Crippen MR) is 28.3 cm³/mol. The molecule has 0 aromatic heterocycles. The fourth-order valence-corrected chi connectivity index (χ4v) is 0.207. The zero-order valence-corrected chi connectivity index (χ0v) is 4.31. The van der Waals surface area contributed by atoms with Crippen LogP contribution in [0.5, 0.6) is 0 Å². The minimum Gasteiger partial charge on any atom is -0.378 e. The normalized spacial score (nSPS) is 11.9. The van der Waals surface area contributed by atoms with E-state index in [-0.39, 0.29) is 0 Å². The van der Waals surface area contributed by atoms with Crippen molar-refractivity contribution < 1.29 is 5.11 Å². The SMILES string of the molecule is CC#CCC(N)O. The Balaban J connectivity index is 3.08. The van der Waals surface area contributed by atoms with Crippen LogP contribution in [0.2, 0.25) is 0 Å². The highest BCUT2D eigenvalue weighted by atomic mass is 16.3. The van der Waals surface area contributed by atoms with Gasteiger partial charge in [-0.1, -0.05) is 5.92 Å². The van der Waals surface area contributed by atoms with Crippen LogP contribution in [0.4, 0.5) is 0 Å². The third-order valence-electron chi connectivity index (χ3n) is 0.488. The highest BCUT2D eigenvalue weighted by molar-refractivity contribution is 4.95. The molecule has 7 heavy (non-hydrogen) atoms. The zero-order valence-electron chi connectivity index (χ0n) is 4.31. The van der Waals surface area contributed by atoms with Gasteiger partial charge in [0.1, 0.15) is 6.23 Å². The lowest BCUT2D eigenvalue weighted by Gasteiger charge is -1.91. The van der Waals surface area contributed by atoms with Crippen molar-refractivity contribution in [2.45, 2.75) is 19.6 Å². The summed E-state index contributed by atoms with van der Waals surface area (Å²) < 4.78 is 0. The second kappa shape index (κ2) is 3.66. The van der Waals surface area contributed by atoms with E-state index in [4.69, 9.17) is 10.8 Å². The first-order valence-corrected chi connectivity index (χ1v) is 2.10. The maximum atomic E-state index is 8.36. The van der Waals surface area contributed by atoms with Crippen LogP contribution < -0.4 is 5.73 Å². The van der Waals surface area contributed by atoms with Gasteiger partial charge in [0.25, 0.3) is 0 Å². The average Bonchev–Trinajstić information content (AvgIpc) is 1.61. The minimum atomic E-state index is -0.771. The van der Waals surface area contributed by atoms with Crippen molar-refractivity contribution in [1.29, 1.82) is 0 Å². The van der Waals surface area contributed by atoms with Crippen LogP contribution in [0.15, 0.2) is 0 Å². The number of aliphatic hydroxyl groups excluding tert-OH is 1. The summed E-state index contributed by atoms with van der Waals surface area (Å²) >= 11 is 0. The molecule has 0 aliphatic carbocycles. The molecule has 2 heteroatoms. The van der Waals surface area contributed by atoms with Crippen molar-refractivity contribution in [3.05, 3.63) is 0 Å². The summed E-state index contributed by atoms with van der Waals surface area (Å²) in [7, 11) is 0. The first-order chi connectivity index (χ1) is 3.27. The molecule has 0 heterocycles. The number of nitrogens with two attached hydrogens (primary N) is 1. The Morgan fingerprint density at radius 3 is 2.57 bits per heavy atom. The van der Waals surface area contributed by atoms with E-state index in [0.29, 0.717) is 6.42 Å². The van der Waals surface area contributed by atoms with Crippen molar-refractivity contribution in [3.8, 4) is 11.8 Å². The van der Waals surface area contributed by atoms with Gasteiger partial charge in [0.2, 0.25) is 0 Å². The maximum Gasteiger partial charge on any atom is 0.113 e. The van der Waals surface area contributed by atoms with Crippen LogP contribution in [0.1, 0.15) is 13.3 Å². The minimum absolute atomic E-state index is 0.372. The van der Waals surface area contributed by atoms with E-state index in [1.165, 1.54) is 0 Å². The molecule has 0 aromatic rings. The fraction of sp³-hybridized carbons (Fsp3) is 0.600. The number of aliphatic hydroxyl groups is 1. The van der Waals surface area contributed by atoms with Gasteiger partial charge in [0.05, 0.1) is 0 Å². The number of rotatable bonds is 1. The third-order valence-corrected chi connectivity index (χ3v) is 0.488. The molecule has 2 nitrogen and oxygen atoms in total. The second-order valence-electron chi connectivity index (χ2n) is 1.20. The standard InChI is InChI=1S/C5H9NO/c1-2-3-4-5(6)7/h5,7H,4,6H2,1H3. The molecule has 1 unspecified atom stereocenters. The summed E-state index contributed by atoms with van der Waals surface area (Å²) in [5.74, 6) is 5.23. The Hall–Kier alpha value is -0.520. The van der Waals surface area contributed by atoms with E-state index < -0.39 is 6.23 Å². The van der Waals surface area contributed by atoms with E-state index in [0.717, 1.165) is 0 Å². The summed E-state index contributed by atoms with van der Waals surface area (Å²) in [6.07, 6.45) is -0.399. The van der Waals surface area contributed by atoms with Crippen molar-refractivity contribution in [2.24, 2.45) is 5.73 Å². The second-order valence-corrected chi connectivity index (χ2v) is 1.20. The topological polar surface area (TPSA) is 46.2 Å². The van der Waals surface area contributed by atoms with Gasteiger partial charge in [-0.25, -0.2) is 0 Å². The average molecular weight is 99.1 g/mol. The molecule has 0 aromatic carbocycles. The maximum absolute atomic E-state index is 8.36. The quantitative estimate of drug-likeness (QED) is 0.349. The first-order valence-electron chi connectivity index (χ1n) is 2.10. The monoisotopic (exact) mass is 99.1 g/mol. The number of hydrogen-bond donors (Lipinski definition) is 2. The summed E-state index contributed by atoms with van der Waals surface area (Å²) in [5.41, 5.74) is 4.93. The van der Waals surface area contributed by atoms with Gasteiger partial charge in [-0.2, -0.15) is 0 Å². The van der Waals surface area contributed by atoms with Crippen LogP contribution in [-0.2, 0) is 0 Å². The highest BCUT2D eigenvalue weighted by Crippen LogP contribution is 1.75. The summed E-state index contributed by atoms with van der Waals surface area (Å²) in [6, 6.07) is 0. The Morgan fingerprint density at radius 1 is 1.86 bits per heavy atom. The molecule has 0 aliphatic rings. The largest absolute Gasteiger partial charge is 0.378 e. The Bertz CT molecular complexity index is 88.0. The predicted octanol–water partition coefficient (Wildman–Crippen LogP) is -0.323. The molecule has 0 spiro atoms. The van der Waals surface area contributed by atoms with Gasteiger partial charge in [0, 0.05) is 6.42 Å². The van der Waals surface area contributed by atoms with E-state index in [2.05, 4.69) is 11.8 Å². The number of hydrogen-bond acceptors (Lipinski definition) is 2. The Morgan fingerprint density at radius 2 is 2.43 bits per heavy atom. The summed E-state index contributed by atoms with van der Waals surface area (Å²) in [5, 5.41) is 8.36. The molecular formula is C5H9NO. The van der Waals surface area contributed by atoms with E-state index >= 15 is 0 Å². The van der Waals surface area contributed by atoms with Crippen LogP contribution >= 0.6 is 0 Å². The van der Waals surface area contributed by atoms with Gasteiger partial charge >= 0.3 is 0 Å². The molecular weight excluding hydrogens is 90.1 g/mol. The molecule has 0 radical (unpaired) electrons. The lowest BCUT2D eigenvalue weighted by Crippen LogP contribution is -2.16. The zero-order chi connectivity index (χ0) is 5.70. The summed E-state index contributed by atoms with van der Waals surface area (Å²) in [4.78, 5) is 0. The Labute approximate surface area is 43.3 Å². The highest BCUT2D eigenvalue weighted by Gasteiger charge is 1.85. The third kappa shape index (κ3) is 5.48. The van der Waals surface area contributed by atoms with Crippen LogP contribution in [0.25, 0.3) is 0 Å². The fourth-order valence-electron chi connectivity index (χ4n) is 0.207. The summed E-state index contributed by atoms with van der Waals surface area (Å²) in [6.45, 7) is 1.71. The lowest BCUT2D eigenvalue weighted by atomic mass is 10.4. The molecule has 0 aliphatic heterocycles. The molecule has 0 saturated heterocycles. The van der Waals surface area contributed by atoms with Gasteiger partial charge in [-0.05, 0) is 6.92 Å². The molecule has 1 atom stereocenters. The van der Waals surface area contributed by atoms with Crippen molar-refractivity contribution in [2.75, 3.05) is 0 Å². The molecule has 0 saturated carbocycles. The van der Waals surface area contributed by atoms with Gasteiger partial charge in [-0.15, -0.1) is 5.92 Å². The van der Waals surface area contributed by atoms with Gasteiger partial charge in [0.15, 0.2) is 0 Å². The molecule has 0 amide bonds. The van der Waals surface area contributed by atoms with Crippen molar-refractivity contribution in [3.63, 3.8) is 0 Å². The molecule has 0 bridgehead atoms. The van der Waals surface area contributed by atoms with E-state index in [1.54, 1.807) is 6.92 Å². The van der Waals surface area contributed by atoms with Crippen molar-refractivity contribution >= 4 is 0 Å². The smallest absolute Gasteiger partial charge is 0.113 e. The van der Waals surface area contributed by atoms with Gasteiger partial charge < -0.3 is 10.8 Å². The van der Waals surface area contributed by atoms with Gasteiger partial charge in [-0.3, -0.25) is 0 Å². The van der Waals surface area contributed by atoms with E-state index in [9.17, 15) is 0 Å². The molecule has 40 valence electrons. The van der Waals surface area contributed by atoms with E-state index in [1.807, 2.05) is 0 Å². The Kier molecular flexibility index (Phi) is 3.39. The van der Waals surface area contributed by atoms with Crippen LogP contribution in [-0.4, -0.2) is 11.3 Å². The van der Waals surface area contributed by atoms with Crippen molar-refractivity contribution in [1.82, 2.24) is 0 Å². The molecule has 0 rings (SSSR count). The first kappa shape index (κ1) is 6.48. The lowest BCUT2D eigenvalue weighted by molar-refractivity contribution is 0.188. The molecule has 3 N–H and O–H groups in total. The van der Waals surface area contributed by atoms with Crippen LogP contribution in [0.3, 0.4) is 0 Å². The molecule has 0 fully saturated rings. The van der Waals surface area contributed by atoms with Crippen LogP contribution in [0, 0.1) is 11.8 Å².